The quantitative estimate of drug-likeness (QED) is 0.705. The molecule has 1 aliphatic rings. The lowest BCUT2D eigenvalue weighted by Gasteiger charge is -2.24. The molecule has 0 radical (unpaired) electrons. The average molecular weight is 216 g/mol. The number of aliphatic hydroxyl groups excluding tert-OH is 1. The van der Waals surface area contributed by atoms with Gasteiger partial charge in [0.05, 0.1) is 18.8 Å². The summed E-state index contributed by atoms with van der Waals surface area (Å²) in [6, 6.07) is -0.0147. The van der Waals surface area contributed by atoms with Gasteiger partial charge >= 0.3 is 6.03 Å². The van der Waals surface area contributed by atoms with Crippen LogP contribution in [-0.2, 0) is 4.74 Å². The number of urea groups is 1. The lowest BCUT2D eigenvalue weighted by Crippen LogP contribution is -2.47. The summed E-state index contributed by atoms with van der Waals surface area (Å²) in [4.78, 5) is 13.3. The zero-order chi connectivity index (χ0) is 11.3. The first-order valence-electron chi connectivity index (χ1n) is 5.47. The third-order valence-corrected chi connectivity index (χ3v) is 2.72. The maximum atomic E-state index is 11.7. The molecule has 1 heterocycles. The van der Waals surface area contributed by atoms with E-state index >= 15 is 0 Å². The van der Waals surface area contributed by atoms with Gasteiger partial charge in [-0.2, -0.15) is 0 Å². The SMILES string of the molecule is CCN(CCO)C(=O)NC1CCOC1C. The fourth-order valence-corrected chi connectivity index (χ4v) is 1.70. The standard InChI is InChI=1S/C10H20N2O3/c1-3-12(5-6-13)10(14)11-9-4-7-15-8(9)2/h8-9,13H,3-7H2,1-2H3,(H,11,14). The number of nitrogens with one attached hydrogen (secondary N) is 1. The molecule has 1 aliphatic heterocycles. The molecule has 2 unspecified atom stereocenters. The summed E-state index contributed by atoms with van der Waals surface area (Å²) in [6.45, 7) is 5.54. The minimum absolute atomic E-state index is 0.00200. The Morgan fingerprint density at radius 1 is 1.67 bits per heavy atom. The van der Waals surface area contributed by atoms with Crippen LogP contribution < -0.4 is 5.32 Å². The van der Waals surface area contributed by atoms with Crippen molar-refractivity contribution in [2.75, 3.05) is 26.3 Å². The van der Waals surface area contributed by atoms with E-state index in [4.69, 9.17) is 9.84 Å². The summed E-state index contributed by atoms with van der Waals surface area (Å²) < 4.78 is 5.36. The number of ether oxygens (including phenoxy) is 1. The van der Waals surface area contributed by atoms with E-state index < -0.39 is 0 Å². The van der Waals surface area contributed by atoms with E-state index in [-0.39, 0.29) is 24.8 Å². The summed E-state index contributed by atoms with van der Waals surface area (Å²) in [5.41, 5.74) is 0. The van der Waals surface area contributed by atoms with Crippen LogP contribution in [0.4, 0.5) is 4.79 Å². The fraction of sp³-hybridized carbons (Fsp3) is 0.900. The van der Waals surface area contributed by atoms with Crippen molar-refractivity contribution in [2.24, 2.45) is 0 Å². The molecule has 5 heteroatoms. The van der Waals surface area contributed by atoms with E-state index in [1.807, 2.05) is 13.8 Å². The van der Waals surface area contributed by atoms with Gasteiger partial charge in [-0.15, -0.1) is 0 Å². The Bertz CT molecular complexity index is 211. The van der Waals surface area contributed by atoms with E-state index in [0.717, 1.165) is 6.42 Å². The highest BCUT2D eigenvalue weighted by Gasteiger charge is 2.26. The number of hydrogen-bond donors (Lipinski definition) is 2. The van der Waals surface area contributed by atoms with E-state index in [1.54, 1.807) is 4.90 Å². The van der Waals surface area contributed by atoms with Gasteiger partial charge in [0.25, 0.3) is 0 Å². The summed E-state index contributed by atoms with van der Waals surface area (Å²) in [7, 11) is 0. The zero-order valence-electron chi connectivity index (χ0n) is 9.40. The number of carbonyl (C=O) groups is 1. The largest absolute Gasteiger partial charge is 0.395 e. The predicted octanol–water partition coefficient (Wildman–Crippen LogP) is 0.188. The van der Waals surface area contributed by atoms with Crippen molar-refractivity contribution in [3.8, 4) is 0 Å². The molecular weight excluding hydrogens is 196 g/mol. The Morgan fingerprint density at radius 2 is 2.40 bits per heavy atom. The van der Waals surface area contributed by atoms with Gasteiger partial charge in [0.15, 0.2) is 0 Å². The molecule has 1 saturated heterocycles. The Balaban J connectivity index is 2.38. The number of carbonyl (C=O) groups excluding carboxylic acids is 1. The van der Waals surface area contributed by atoms with Crippen LogP contribution in [0.3, 0.4) is 0 Å². The molecule has 0 saturated carbocycles. The highest BCUT2D eigenvalue weighted by molar-refractivity contribution is 5.74. The average Bonchev–Trinajstić information content (AvgIpc) is 2.60. The fourth-order valence-electron chi connectivity index (χ4n) is 1.70. The molecule has 15 heavy (non-hydrogen) atoms. The van der Waals surface area contributed by atoms with Crippen LogP contribution in [0.2, 0.25) is 0 Å². The molecule has 0 aromatic carbocycles. The Kier molecular flexibility index (Phi) is 4.84. The number of rotatable bonds is 4. The monoisotopic (exact) mass is 216 g/mol. The first kappa shape index (κ1) is 12.3. The van der Waals surface area contributed by atoms with Crippen molar-refractivity contribution >= 4 is 6.03 Å². The molecule has 1 fully saturated rings. The summed E-state index contributed by atoms with van der Waals surface area (Å²) in [5.74, 6) is 0. The molecule has 2 N–H and O–H groups in total. The molecule has 2 atom stereocenters. The normalized spacial score (nSPS) is 25.3. The number of hydrogen-bond acceptors (Lipinski definition) is 3. The van der Waals surface area contributed by atoms with Gasteiger partial charge in [0.1, 0.15) is 0 Å². The van der Waals surface area contributed by atoms with E-state index in [9.17, 15) is 4.79 Å². The number of aliphatic hydroxyl groups is 1. The Hall–Kier alpha value is -0.810. The van der Waals surface area contributed by atoms with Gasteiger partial charge < -0.3 is 20.1 Å². The maximum Gasteiger partial charge on any atom is 0.317 e. The van der Waals surface area contributed by atoms with E-state index in [0.29, 0.717) is 19.7 Å². The van der Waals surface area contributed by atoms with Crippen LogP contribution in [0.25, 0.3) is 0 Å². The van der Waals surface area contributed by atoms with Crippen LogP contribution in [0.15, 0.2) is 0 Å². The summed E-state index contributed by atoms with van der Waals surface area (Å²) >= 11 is 0. The highest BCUT2D eigenvalue weighted by atomic mass is 16.5. The predicted molar refractivity (Wildman–Crippen MR) is 56.7 cm³/mol. The number of likely N-dealkylation sites (N-methyl/N-ethyl adjacent to an activating group) is 1. The summed E-state index contributed by atoms with van der Waals surface area (Å²) in [5, 5.41) is 11.7. The van der Waals surface area contributed by atoms with Crippen molar-refractivity contribution in [3.63, 3.8) is 0 Å². The zero-order valence-corrected chi connectivity index (χ0v) is 9.40. The second-order valence-electron chi connectivity index (χ2n) is 3.72. The third kappa shape index (κ3) is 3.35. The molecule has 5 nitrogen and oxygen atoms in total. The van der Waals surface area contributed by atoms with Gasteiger partial charge in [0, 0.05) is 19.7 Å². The maximum absolute atomic E-state index is 11.7. The van der Waals surface area contributed by atoms with Crippen molar-refractivity contribution in [3.05, 3.63) is 0 Å². The van der Waals surface area contributed by atoms with Gasteiger partial charge in [-0.05, 0) is 20.3 Å². The van der Waals surface area contributed by atoms with E-state index in [2.05, 4.69) is 5.32 Å². The van der Waals surface area contributed by atoms with Gasteiger partial charge in [-0.1, -0.05) is 0 Å². The molecule has 2 amide bonds. The third-order valence-electron chi connectivity index (χ3n) is 2.72. The van der Waals surface area contributed by atoms with Crippen molar-refractivity contribution in [1.29, 1.82) is 0 Å². The second kappa shape index (κ2) is 5.92. The Morgan fingerprint density at radius 3 is 2.87 bits per heavy atom. The van der Waals surface area contributed by atoms with Crippen molar-refractivity contribution < 1.29 is 14.6 Å². The van der Waals surface area contributed by atoms with E-state index in [1.165, 1.54) is 0 Å². The smallest absolute Gasteiger partial charge is 0.317 e. The summed E-state index contributed by atoms with van der Waals surface area (Å²) in [6.07, 6.45) is 0.950. The molecular formula is C10H20N2O3. The van der Waals surface area contributed by atoms with Crippen LogP contribution in [0.5, 0.6) is 0 Å². The molecule has 0 bridgehead atoms. The number of nitrogens with zero attached hydrogens (tertiary/aromatic N) is 1. The van der Waals surface area contributed by atoms with Crippen LogP contribution in [-0.4, -0.2) is 54.5 Å². The molecule has 0 aromatic heterocycles. The van der Waals surface area contributed by atoms with Crippen molar-refractivity contribution in [2.45, 2.75) is 32.4 Å². The van der Waals surface area contributed by atoms with Crippen LogP contribution >= 0.6 is 0 Å². The lowest BCUT2D eigenvalue weighted by atomic mass is 10.2. The van der Waals surface area contributed by atoms with Crippen molar-refractivity contribution in [1.82, 2.24) is 10.2 Å². The first-order valence-corrected chi connectivity index (χ1v) is 5.47. The van der Waals surface area contributed by atoms with Crippen LogP contribution in [0, 0.1) is 0 Å². The minimum atomic E-state index is -0.117. The number of amides is 2. The topological polar surface area (TPSA) is 61.8 Å². The molecule has 0 aromatic rings. The lowest BCUT2D eigenvalue weighted by molar-refractivity contribution is 0.111. The van der Waals surface area contributed by atoms with Gasteiger partial charge in [0.2, 0.25) is 0 Å². The first-order chi connectivity index (χ1) is 7.19. The highest BCUT2D eigenvalue weighted by Crippen LogP contribution is 2.12. The minimum Gasteiger partial charge on any atom is -0.395 e. The van der Waals surface area contributed by atoms with Gasteiger partial charge in [-0.3, -0.25) is 0 Å². The molecule has 88 valence electrons. The molecule has 0 aliphatic carbocycles. The molecule has 0 spiro atoms. The Labute approximate surface area is 90.4 Å². The van der Waals surface area contributed by atoms with Crippen LogP contribution in [0.1, 0.15) is 20.3 Å². The molecule has 1 rings (SSSR count). The second-order valence-corrected chi connectivity index (χ2v) is 3.72. The van der Waals surface area contributed by atoms with Gasteiger partial charge in [-0.25, -0.2) is 4.79 Å².